The molecule has 3 saturated carbocycles. The summed E-state index contributed by atoms with van der Waals surface area (Å²) in [5, 5.41) is 169. The largest absolute Gasteiger partial charge is 0.460 e. The van der Waals surface area contributed by atoms with E-state index in [-0.39, 0.29) is 44.4 Å². The molecule has 0 aromatic rings. The Bertz CT molecular complexity index is 1610. The van der Waals surface area contributed by atoms with Crippen LogP contribution in [0.3, 0.4) is 0 Å². The fourth-order valence-electron chi connectivity index (χ4n) is 10.6. The Balaban J connectivity index is 1.08. The summed E-state index contributed by atoms with van der Waals surface area (Å²) in [4.78, 5) is 12.6. The summed E-state index contributed by atoms with van der Waals surface area (Å²) >= 11 is 0. The van der Waals surface area contributed by atoms with Gasteiger partial charge in [-0.25, -0.2) is 4.79 Å². The van der Waals surface area contributed by atoms with Crippen LogP contribution in [0.4, 0.5) is 0 Å². The Kier molecular flexibility index (Phi) is 18.1. The maximum Gasteiger partial charge on any atom is 0.330 e. The van der Waals surface area contributed by atoms with Gasteiger partial charge in [-0.15, -0.1) is 0 Å². The summed E-state index contributed by atoms with van der Waals surface area (Å²) in [5.41, 5.74) is 0. The van der Waals surface area contributed by atoms with Gasteiger partial charge < -0.3 is 120 Å². The molecule has 7 rings (SSSR count). The number of hydrogen-bond acceptors (Lipinski definition) is 24. The first-order valence-electron chi connectivity index (χ1n) is 23.0. The number of carbonyl (C=O) groups is 1. The zero-order valence-corrected chi connectivity index (χ0v) is 36.5. The van der Waals surface area contributed by atoms with E-state index in [4.69, 9.17) is 37.9 Å². The van der Waals surface area contributed by atoms with Crippen LogP contribution in [0.5, 0.6) is 0 Å². The van der Waals surface area contributed by atoms with Gasteiger partial charge in [-0.1, -0.05) is 6.08 Å². The van der Waals surface area contributed by atoms with Gasteiger partial charge in [-0.05, 0) is 44.4 Å². The molecule has 67 heavy (non-hydrogen) atoms. The maximum absolute atomic E-state index is 12.6. The third kappa shape index (κ3) is 11.8. The van der Waals surface area contributed by atoms with Gasteiger partial charge in [0, 0.05) is 24.8 Å². The number of ether oxygens (including phenoxy) is 8. The lowest BCUT2D eigenvalue weighted by Crippen LogP contribution is -2.65. The summed E-state index contributed by atoms with van der Waals surface area (Å²) in [7, 11) is 0. The number of fused-ring (bicyclic) bond motifs is 1. The minimum atomic E-state index is -1.86. The number of allylic oxidation sites excluding steroid dienone is 1. The fourth-order valence-corrected chi connectivity index (χ4v) is 10.6. The monoisotopic (exact) mass is 973 g/mol. The van der Waals surface area contributed by atoms with E-state index in [1.165, 1.54) is 6.08 Å². The highest BCUT2D eigenvalue weighted by molar-refractivity contribution is 5.81. The Labute approximate surface area is 384 Å². The predicted molar refractivity (Wildman–Crippen MR) is 216 cm³/mol. The number of hydrogen-bond donors (Lipinski definition) is 16. The van der Waals surface area contributed by atoms with E-state index >= 15 is 0 Å². The van der Waals surface area contributed by atoms with Crippen molar-refractivity contribution in [3.05, 3.63) is 12.2 Å². The molecule has 7 aliphatic rings. The van der Waals surface area contributed by atoms with Crippen LogP contribution in [0.2, 0.25) is 0 Å². The van der Waals surface area contributed by atoms with Crippen LogP contribution in [0.15, 0.2) is 12.2 Å². The highest BCUT2D eigenvalue weighted by Gasteiger charge is 2.58. The van der Waals surface area contributed by atoms with Crippen LogP contribution in [0, 0.1) is 17.8 Å². The molecule has 4 saturated heterocycles. The Morgan fingerprint density at radius 3 is 1.63 bits per heavy atom. The summed E-state index contributed by atoms with van der Waals surface area (Å²) in [6, 6.07) is 0. The van der Waals surface area contributed by atoms with Gasteiger partial charge in [0.05, 0.1) is 55.8 Å². The molecule has 28 atom stereocenters. The van der Waals surface area contributed by atoms with E-state index in [0.29, 0.717) is 12.8 Å². The quantitative estimate of drug-likeness (QED) is 0.0463. The zero-order valence-electron chi connectivity index (χ0n) is 36.5. The highest BCUT2D eigenvalue weighted by atomic mass is 16.7. The summed E-state index contributed by atoms with van der Waals surface area (Å²) in [6.45, 7) is -2.12. The van der Waals surface area contributed by atoms with Crippen LogP contribution < -0.4 is 0 Å². The molecule has 0 aromatic carbocycles. The molecule has 25 nitrogen and oxygen atoms in total. The molecule has 386 valence electrons. The molecule has 0 aromatic heterocycles. The van der Waals surface area contributed by atoms with Crippen molar-refractivity contribution in [3.63, 3.8) is 0 Å². The number of aliphatic hydroxyl groups is 18. The lowest BCUT2D eigenvalue weighted by molar-refractivity contribution is -0.370. The van der Waals surface area contributed by atoms with Crippen LogP contribution >= 0.6 is 0 Å². The Morgan fingerprint density at radius 2 is 1.06 bits per heavy atom. The van der Waals surface area contributed by atoms with Gasteiger partial charge in [0.15, 0.2) is 31.1 Å². The van der Waals surface area contributed by atoms with Crippen molar-refractivity contribution in [3.8, 4) is 0 Å². The topological polar surface area (TPSA) is 418 Å². The van der Waals surface area contributed by atoms with Gasteiger partial charge >= 0.3 is 5.97 Å². The van der Waals surface area contributed by atoms with E-state index in [0.717, 1.165) is 6.08 Å². The number of carbonyl (C=O) groups excluding carboxylic acids is 1. The molecule has 3 aliphatic carbocycles. The lowest BCUT2D eigenvalue weighted by atomic mass is 9.72. The first-order chi connectivity index (χ1) is 31.8. The molecule has 7 fully saturated rings. The maximum atomic E-state index is 12.6. The van der Waals surface area contributed by atoms with Crippen molar-refractivity contribution in [2.75, 3.05) is 19.8 Å². The molecule has 0 bridgehead atoms. The van der Waals surface area contributed by atoms with Gasteiger partial charge in [0.1, 0.15) is 92.1 Å². The Hall–Kier alpha value is -1.71. The molecule has 0 spiro atoms. The van der Waals surface area contributed by atoms with Crippen molar-refractivity contribution in [1.29, 1.82) is 0 Å². The van der Waals surface area contributed by atoms with Gasteiger partial charge in [0.25, 0.3) is 0 Å². The Morgan fingerprint density at radius 1 is 0.522 bits per heavy atom. The summed E-state index contributed by atoms with van der Waals surface area (Å²) < 4.78 is 45.9. The van der Waals surface area contributed by atoms with E-state index in [1.54, 1.807) is 0 Å². The standard InChI is InChI=1S/C42H68O25/c43-11-25-30(51)33(54)36(57)41(65-25)63-23-7-15(6-20(48)29(23)50)39-24(64-42-37(58)34(55)31(52)26(12-44)66-42)10-17-21(61-39)8-16(45)9-22(17)62-40-38(59)35(56)32(53)27(67-40)13-60-28(49)4-2-14-1-3-18(46)19(47)5-14/h2,4,14-27,29-48,50-59H,1,3,5-13H2/p+1/t14?,15?,16?,17?,18?,19?,20?,21?,22?,23?,24?,25-,26-,27-,29?,30-,31-,32-,33+,34+,35+,36-,37-,38-,39?,40-,41-,42-/m1/s1. The van der Waals surface area contributed by atoms with Crippen molar-refractivity contribution in [2.45, 2.75) is 205 Å². The molecule has 4 aliphatic heterocycles. The smallest absolute Gasteiger partial charge is 0.330 e. The third-order valence-electron chi connectivity index (χ3n) is 14.6. The van der Waals surface area contributed by atoms with Crippen LogP contribution in [-0.4, -0.2) is 265 Å². The van der Waals surface area contributed by atoms with Crippen LogP contribution in [0.25, 0.3) is 0 Å². The number of esters is 1. The SMILES string of the molecule is O=C(C=CC1CCC(O)C(O)C1)OC[C@H]1O[C@@H](OC2CC(O)CC3[OH+]C(C4CC(O)C(O)C(O[C@@H]5O[C@H](CO)[C@@H](O)[C@H](O)[C@H]5O)C4)C(O[C@@H]4O[C@H](CO)[C@@H](O)[C@H](O)[C@H]4O)CC23)[C@H](O)[C@@H](O)[C@@H]1O. The minimum absolute atomic E-state index is 0.0308. The zero-order chi connectivity index (χ0) is 48.6. The lowest BCUT2D eigenvalue weighted by Gasteiger charge is -2.50. The summed E-state index contributed by atoms with van der Waals surface area (Å²) in [5.74, 6) is -2.49. The first-order valence-corrected chi connectivity index (χ1v) is 23.0. The van der Waals surface area contributed by atoms with E-state index < -0.39 is 191 Å². The molecule has 25 heteroatoms. The average Bonchev–Trinajstić information content (AvgIpc) is 3.30. The molecule has 0 radical (unpaired) electrons. The van der Waals surface area contributed by atoms with Crippen molar-refractivity contribution < 1.29 is 124 Å². The third-order valence-corrected chi connectivity index (χ3v) is 14.6. The van der Waals surface area contributed by atoms with Crippen molar-refractivity contribution in [1.82, 2.24) is 0 Å². The summed E-state index contributed by atoms with van der Waals surface area (Å²) in [6.07, 6.45) is -33.0. The van der Waals surface area contributed by atoms with Crippen molar-refractivity contribution >= 4 is 5.97 Å². The second-order valence-corrected chi connectivity index (χ2v) is 19.2. The number of aliphatic hydroxyl groups excluding tert-OH is 16. The van der Waals surface area contributed by atoms with Crippen LogP contribution in [-0.2, 0) is 38.0 Å². The second kappa shape index (κ2) is 22.8. The first kappa shape index (κ1) is 53.1. The molecule has 0 amide bonds. The van der Waals surface area contributed by atoms with E-state index in [1.807, 2.05) is 0 Å². The molecular weight excluding hydrogens is 904 g/mol. The van der Waals surface area contributed by atoms with Gasteiger partial charge in [0.2, 0.25) is 0 Å². The van der Waals surface area contributed by atoms with Gasteiger partial charge in [-0.3, -0.25) is 0 Å². The van der Waals surface area contributed by atoms with Gasteiger partial charge in [-0.2, -0.15) is 0 Å². The fraction of sp³-hybridized carbons (Fsp3) is 0.929. The molecule has 17 N–H and O–H groups in total. The van der Waals surface area contributed by atoms with E-state index in [2.05, 4.69) is 0 Å². The molecule has 13 unspecified atom stereocenters. The minimum Gasteiger partial charge on any atom is -0.460 e. The second-order valence-electron chi connectivity index (χ2n) is 19.2. The van der Waals surface area contributed by atoms with E-state index in [9.17, 15) is 86.5 Å². The van der Waals surface area contributed by atoms with Crippen molar-refractivity contribution in [2.24, 2.45) is 17.8 Å². The molecular formula is C42H69O25+. The highest BCUT2D eigenvalue weighted by Crippen LogP contribution is 2.45. The predicted octanol–water partition coefficient (Wildman–Crippen LogP) is -8.26. The average molecular weight is 974 g/mol. The normalized spacial score (nSPS) is 52.1. The van der Waals surface area contributed by atoms with Crippen LogP contribution in [0.1, 0.15) is 51.4 Å². The molecule has 4 heterocycles. The number of rotatable bonds is 13.